The van der Waals surface area contributed by atoms with Crippen LogP contribution in [0.4, 0.5) is 0 Å². The largest absolute Gasteiger partial charge is 0.345 e. The Hall–Kier alpha value is -2.24. The highest BCUT2D eigenvalue weighted by atomic mass is 16.1. The van der Waals surface area contributed by atoms with Gasteiger partial charge in [-0.05, 0) is 60.9 Å². The minimum atomic E-state index is -0.162. The molecule has 1 aromatic heterocycles. The van der Waals surface area contributed by atoms with Crippen molar-refractivity contribution in [2.45, 2.75) is 39.2 Å². The van der Waals surface area contributed by atoms with Gasteiger partial charge in [0.25, 0.3) is 0 Å². The number of nitrogens with one attached hydrogen (secondary N) is 3. The topological polar surface area (TPSA) is 66.1 Å². The average molecular weight is 352 g/mol. The molecule has 5 heteroatoms. The minimum Gasteiger partial charge on any atom is -0.345 e. The van der Waals surface area contributed by atoms with Gasteiger partial charge >= 0.3 is 0 Å². The first kappa shape index (κ1) is 18.5. The lowest BCUT2D eigenvalue weighted by Gasteiger charge is -2.21. The lowest BCUT2D eigenvalue weighted by molar-refractivity contribution is -0.121. The van der Waals surface area contributed by atoms with Crippen molar-refractivity contribution in [1.29, 1.82) is 0 Å². The molecule has 3 N–H and O–H groups in total. The molecule has 0 bridgehead atoms. The maximum absolute atomic E-state index is 12.6. The first-order chi connectivity index (χ1) is 12.6. The number of nitrogens with zero attached hydrogens (tertiary/aromatic N) is 1. The van der Waals surface area contributed by atoms with Gasteiger partial charge in [-0.3, -0.25) is 20.6 Å². The van der Waals surface area contributed by atoms with Crippen molar-refractivity contribution >= 4 is 5.91 Å². The van der Waals surface area contributed by atoms with Gasteiger partial charge in [0.05, 0.1) is 6.04 Å². The van der Waals surface area contributed by atoms with Crippen LogP contribution < -0.4 is 16.2 Å². The summed E-state index contributed by atoms with van der Waals surface area (Å²) in [5.74, 6) is 0.715. The molecule has 1 unspecified atom stereocenters. The summed E-state index contributed by atoms with van der Waals surface area (Å²) in [7, 11) is 0. The second-order valence-corrected chi connectivity index (χ2v) is 7.15. The zero-order chi connectivity index (χ0) is 18.4. The molecular formula is C21H28N4O. The summed E-state index contributed by atoms with van der Waals surface area (Å²) in [6.45, 7) is 6.18. The molecule has 0 aliphatic carbocycles. The van der Waals surface area contributed by atoms with Crippen LogP contribution >= 0.6 is 0 Å². The van der Waals surface area contributed by atoms with Crippen LogP contribution in [0.25, 0.3) is 0 Å². The maximum Gasteiger partial charge on any atom is 0.220 e. The Bertz CT molecular complexity index is 726. The number of carbonyl (C=O) groups is 1. The number of aryl methyl sites for hydroxylation is 2. The number of amides is 1. The van der Waals surface area contributed by atoms with E-state index in [0.29, 0.717) is 12.3 Å². The van der Waals surface area contributed by atoms with Gasteiger partial charge in [-0.2, -0.15) is 0 Å². The standard InChI is InChI=1S/C21H28N4O/c1-15-8-9-18(11-16(15)2)21(19-6-4-10-22-14-19)25-20(26)7-3-5-17-12-23-24-13-17/h4,6,8-11,14,17,21,23-24H,3,5,7,12-13H2,1-2H3,(H,25,26). The van der Waals surface area contributed by atoms with E-state index in [9.17, 15) is 4.79 Å². The second-order valence-electron chi connectivity index (χ2n) is 7.15. The van der Waals surface area contributed by atoms with Gasteiger partial charge in [-0.25, -0.2) is 0 Å². The quantitative estimate of drug-likeness (QED) is 0.717. The zero-order valence-electron chi connectivity index (χ0n) is 15.6. The summed E-state index contributed by atoms with van der Waals surface area (Å²) in [4.78, 5) is 16.8. The summed E-state index contributed by atoms with van der Waals surface area (Å²) < 4.78 is 0. The number of rotatable bonds is 7. The molecule has 26 heavy (non-hydrogen) atoms. The predicted octanol–water partition coefficient (Wildman–Crippen LogP) is 2.80. The molecule has 0 spiro atoms. The van der Waals surface area contributed by atoms with Gasteiger partial charge in [-0.15, -0.1) is 0 Å². The normalized spacial score (nSPS) is 15.8. The number of hydrogen-bond acceptors (Lipinski definition) is 4. The number of hydrazine groups is 1. The Morgan fingerprint density at radius 2 is 2.00 bits per heavy atom. The molecule has 2 aromatic rings. The van der Waals surface area contributed by atoms with Crippen LogP contribution in [0.3, 0.4) is 0 Å². The third-order valence-corrected chi connectivity index (χ3v) is 5.11. The fourth-order valence-corrected chi connectivity index (χ4v) is 3.34. The van der Waals surface area contributed by atoms with E-state index in [1.165, 1.54) is 11.1 Å². The van der Waals surface area contributed by atoms with Crippen LogP contribution in [0.1, 0.15) is 47.6 Å². The van der Waals surface area contributed by atoms with Crippen LogP contribution in [0.15, 0.2) is 42.7 Å². The molecule has 1 amide bonds. The van der Waals surface area contributed by atoms with Crippen LogP contribution in [0.5, 0.6) is 0 Å². The van der Waals surface area contributed by atoms with E-state index in [2.05, 4.69) is 53.2 Å². The Kier molecular flexibility index (Phi) is 6.36. The van der Waals surface area contributed by atoms with E-state index in [1.54, 1.807) is 6.20 Å². The summed E-state index contributed by atoms with van der Waals surface area (Å²) in [6.07, 6.45) is 6.11. The monoisotopic (exact) mass is 352 g/mol. The van der Waals surface area contributed by atoms with Gasteiger partial charge in [0, 0.05) is 31.9 Å². The summed E-state index contributed by atoms with van der Waals surface area (Å²) in [6, 6.07) is 10.1. The van der Waals surface area contributed by atoms with Crippen LogP contribution in [-0.4, -0.2) is 24.0 Å². The lowest BCUT2D eigenvalue weighted by atomic mass is 9.96. The van der Waals surface area contributed by atoms with E-state index in [-0.39, 0.29) is 11.9 Å². The highest BCUT2D eigenvalue weighted by Crippen LogP contribution is 2.24. The summed E-state index contributed by atoms with van der Waals surface area (Å²) in [5, 5.41) is 3.21. The van der Waals surface area contributed by atoms with Crippen molar-refractivity contribution < 1.29 is 4.79 Å². The van der Waals surface area contributed by atoms with E-state index >= 15 is 0 Å². The fraction of sp³-hybridized carbons (Fsp3) is 0.429. The van der Waals surface area contributed by atoms with E-state index in [0.717, 1.165) is 37.1 Å². The molecule has 1 atom stereocenters. The van der Waals surface area contributed by atoms with Gasteiger partial charge in [0.1, 0.15) is 0 Å². The molecule has 3 rings (SSSR count). The van der Waals surface area contributed by atoms with Crippen molar-refractivity contribution in [3.63, 3.8) is 0 Å². The Balaban J connectivity index is 1.67. The molecule has 1 aliphatic heterocycles. The van der Waals surface area contributed by atoms with Crippen LogP contribution in [0.2, 0.25) is 0 Å². The highest BCUT2D eigenvalue weighted by molar-refractivity contribution is 5.77. The molecule has 1 fully saturated rings. The number of benzene rings is 1. The van der Waals surface area contributed by atoms with Crippen molar-refractivity contribution in [2.75, 3.05) is 13.1 Å². The van der Waals surface area contributed by atoms with Crippen LogP contribution in [-0.2, 0) is 4.79 Å². The SMILES string of the molecule is Cc1ccc(C(NC(=O)CCCC2CNNC2)c2cccnc2)cc1C. The minimum absolute atomic E-state index is 0.0935. The average Bonchev–Trinajstić information content (AvgIpc) is 3.16. The molecule has 138 valence electrons. The maximum atomic E-state index is 12.6. The lowest BCUT2D eigenvalue weighted by Crippen LogP contribution is -2.29. The van der Waals surface area contributed by atoms with Crippen molar-refractivity contribution in [1.82, 2.24) is 21.2 Å². The Morgan fingerprint density at radius 1 is 1.19 bits per heavy atom. The molecule has 0 radical (unpaired) electrons. The fourth-order valence-electron chi connectivity index (χ4n) is 3.34. The Morgan fingerprint density at radius 3 is 2.69 bits per heavy atom. The van der Waals surface area contributed by atoms with Gasteiger partial charge in [-0.1, -0.05) is 24.3 Å². The van der Waals surface area contributed by atoms with Crippen molar-refractivity contribution in [3.05, 3.63) is 65.0 Å². The predicted molar refractivity (Wildman–Crippen MR) is 103 cm³/mol. The summed E-state index contributed by atoms with van der Waals surface area (Å²) >= 11 is 0. The Labute approximate surface area is 155 Å². The smallest absolute Gasteiger partial charge is 0.220 e. The number of aromatic nitrogens is 1. The number of carbonyl (C=O) groups excluding carboxylic acids is 1. The first-order valence-corrected chi connectivity index (χ1v) is 9.35. The molecular weight excluding hydrogens is 324 g/mol. The van der Waals surface area contributed by atoms with Crippen LogP contribution in [0, 0.1) is 19.8 Å². The second kappa shape index (κ2) is 8.92. The third kappa shape index (κ3) is 4.90. The number of hydrogen-bond donors (Lipinski definition) is 3. The van der Waals surface area contributed by atoms with Gasteiger partial charge in [0.2, 0.25) is 5.91 Å². The molecule has 2 heterocycles. The molecule has 1 aliphatic rings. The van der Waals surface area contributed by atoms with Gasteiger partial charge in [0.15, 0.2) is 0 Å². The highest BCUT2D eigenvalue weighted by Gasteiger charge is 2.19. The third-order valence-electron chi connectivity index (χ3n) is 5.11. The first-order valence-electron chi connectivity index (χ1n) is 9.35. The molecule has 1 aromatic carbocycles. The van der Waals surface area contributed by atoms with Crippen molar-refractivity contribution in [3.8, 4) is 0 Å². The zero-order valence-corrected chi connectivity index (χ0v) is 15.6. The molecule has 1 saturated heterocycles. The summed E-state index contributed by atoms with van der Waals surface area (Å²) in [5.41, 5.74) is 10.9. The van der Waals surface area contributed by atoms with E-state index in [1.807, 2.05) is 18.3 Å². The molecule has 5 nitrogen and oxygen atoms in total. The number of pyridine rings is 1. The van der Waals surface area contributed by atoms with Gasteiger partial charge < -0.3 is 5.32 Å². The van der Waals surface area contributed by atoms with E-state index < -0.39 is 0 Å². The molecule has 0 saturated carbocycles. The van der Waals surface area contributed by atoms with Crippen molar-refractivity contribution in [2.24, 2.45) is 5.92 Å². The van der Waals surface area contributed by atoms with E-state index in [4.69, 9.17) is 0 Å².